The van der Waals surface area contributed by atoms with E-state index in [-0.39, 0.29) is 24.4 Å². The SMILES string of the molecule is CC(NCC12CC3CC(CC(C3)C1)C2)C(=O)N1CC(=O)Nc2ccccc21. The van der Waals surface area contributed by atoms with Gasteiger partial charge in [0.1, 0.15) is 6.54 Å². The van der Waals surface area contributed by atoms with Gasteiger partial charge in [0.25, 0.3) is 0 Å². The van der Waals surface area contributed by atoms with E-state index in [4.69, 9.17) is 0 Å². The van der Waals surface area contributed by atoms with Crippen LogP contribution in [-0.2, 0) is 9.59 Å². The second kappa shape index (κ2) is 6.33. The van der Waals surface area contributed by atoms with Crippen LogP contribution in [0, 0.1) is 23.2 Å². The zero-order valence-electron chi connectivity index (χ0n) is 16.0. The van der Waals surface area contributed by atoms with Gasteiger partial charge in [0.15, 0.2) is 0 Å². The summed E-state index contributed by atoms with van der Waals surface area (Å²) in [4.78, 5) is 26.8. The standard InChI is InChI=1S/C22H29N3O2/c1-14(21(27)25-12-20(26)24-18-4-2-3-5-19(18)25)23-13-22-9-15-6-16(10-22)8-17(7-15)11-22/h2-5,14-17,23H,6-13H2,1H3,(H,24,26). The summed E-state index contributed by atoms with van der Waals surface area (Å²) in [6.45, 7) is 2.97. The summed E-state index contributed by atoms with van der Waals surface area (Å²) in [7, 11) is 0. The molecule has 0 radical (unpaired) electrons. The first-order valence-corrected chi connectivity index (χ1v) is 10.4. The number of rotatable bonds is 4. The second-order valence-electron chi connectivity index (χ2n) is 9.51. The van der Waals surface area contributed by atoms with E-state index in [0.29, 0.717) is 5.41 Å². The van der Waals surface area contributed by atoms with Crippen molar-refractivity contribution in [1.82, 2.24) is 5.32 Å². The molecule has 1 aromatic rings. The van der Waals surface area contributed by atoms with Gasteiger partial charge in [-0.15, -0.1) is 0 Å². The number of fused-ring (bicyclic) bond motifs is 1. The Bertz CT molecular complexity index is 739. The van der Waals surface area contributed by atoms with Crippen molar-refractivity contribution in [2.75, 3.05) is 23.3 Å². The van der Waals surface area contributed by atoms with E-state index in [1.165, 1.54) is 38.5 Å². The third-order valence-electron chi connectivity index (χ3n) is 7.36. The lowest BCUT2D eigenvalue weighted by Crippen LogP contribution is -2.55. The van der Waals surface area contributed by atoms with Crippen LogP contribution in [0.3, 0.4) is 0 Å². The molecule has 0 aromatic heterocycles. The number of carbonyl (C=O) groups excluding carboxylic acids is 2. The first kappa shape index (κ1) is 17.2. The van der Waals surface area contributed by atoms with Crippen LogP contribution in [0.2, 0.25) is 0 Å². The Kier molecular flexibility index (Phi) is 4.04. The molecule has 1 heterocycles. The molecular weight excluding hydrogens is 338 g/mol. The van der Waals surface area contributed by atoms with E-state index in [1.54, 1.807) is 4.90 Å². The fraction of sp³-hybridized carbons (Fsp3) is 0.636. The van der Waals surface area contributed by atoms with Gasteiger partial charge in [-0.3, -0.25) is 14.5 Å². The van der Waals surface area contributed by atoms with Crippen LogP contribution >= 0.6 is 0 Å². The lowest BCUT2D eigenvalue weighted by atomic mass is 9.49. The highest BCUT2D eigenvalue weighted by molar-refractivity contribution is 6.11. The van der Waals surface area contributed by atoms with Crippen molar-refractivity contribution < 1.29 is 9.59 Å². The highest BCUT2D eigenvalue weighted by Gasteiger charge is 2.50. The summed E-state index contributed by atoms with van der Waals surface area (Å²) in [5, 5.41) is 6.41. The number of benzene rings is 1. The first-order valence-electron chi connectivity index (χ1n) is 10.4. The van der Waals surface area contributed by atoms with Crippen LogP contribution in [0.5, 0.6) is 0 Å². The molecule has 1 atom stereocenters. The molecule has 4 bridgehead atoms. The Morgan fingerprint density at radius 2 is 1.81 bits per heavy atom. The highest BCUT2D eigenvalue weighted by Crippen LogP contribution is 2.59. The molecule has 5 aliphatic rings. The first-order chi connectivity index (χ1) is 13.0. The van der Waals surface area contributed by atoms with Crippen molar-refractivity contribution in [2.24, 2.45) is 23.2 Å². The summed E-state index contributed by atoms with van der Waals surface area (Å²) in [5.41, 5.74) is 1.92. The normalized spacial score (nSPS) is 34.9. The molecule has 2 N–H and O–H groups in total. The molecule has 4 saturated carbocycles. The lowest BCUT2D eigenvalue weighted by molar-refractivity contribution is -0.123. The largest absolute Gasteiger partial charge is 0.323 e. The van der Waals surface area contributed by atoms with Crippen LogP contribution in [0.4, 0.5) is 11.4 Å². The predicted molar refractivity (Wildman–Crippen MR) is 105 cm³/mol. The Hall–Kier alpha value is -1.88. The van der Waals surface area contributed by atoms with E-state index >= 15 is 0 Å². The third-order valence-corrected chi connectivity index (χ3v) is 7.36. The molecule has 1 unspecified atom stereocenters. The average molecular weight is 367 g/mol. The quantitative estimate of drug-likeness (QED) is 0.859. The Labute approximate surface area is 160 Å². The van der Waals surface area contributed by atoms with Crippen molar-refractivity contribution in [2.45, 2.75) is 51.5 Å². The Morgan fingerprint density at radius 1 is 1.19 bits per heavy atom. The van der Waals surface area contributed by atoms with Crippen LogP contribution in [0.25, 0.3) is 0 Å². The number of nitrogens with zero attached hydrogens (tertiary/aromatic N) is 1. The Balaban J connectivity index is 1.27. The van der Waals surface area contributed by atoms with E-state index in [0.717, 1.165) is 35.7 Å². The fourth-order valence-electron chi connectivity index (χ4n) is 6.63. The monoisotopic (exact) mass is 367 g/mol. The lowest BCUT2D eigenvalue weighted by Gasteiger charge is -2.57. The number of nitrogens with one attached hydrogen (secondary N) is 2. The molecule has 5 heteroatoms. The molecular formula is C22H29N3O2. The van der Waals surface area contributed by atoms with E-state index in [2.05, 4.69) is 10.6 Å². The molecule has 27 heavy (non-hydrogen) atoms. The van der Waals surface area contributed by atoms with Gasteiger partial charge in [-0.25, -0.2) is 0 Å². The molecule has 2 amide bonds. The highest BCUT2D eigenvalue weighted by atomic mass is 16.2. The molecule has 0 spiro atoms. The number of anilines is 2. The fourth-order valence-corrected chi connectivity index (χ4v) is 6.63. The van der Waals surface area contributed by atoms with Crippen LogP contribution in [0.15, 0.2) is 24.3 Å². The molecule has 1 aliphatic heterocycles. The van der Waals surface area contributed by atoms with E-state index in [1.807, 2.05) is 31.2 Å². The van der Waals surface area contributed by atoms with Gasteiger partial charge in [0.2, 0.25) is 11.8 Å². The number of amides is 2. The number of para-hydroxylation sites is 2. The predicted octanol–water partition coefficient (Wildman–Crippen LogP) is 3.17. The molecule has 0 saturated heterocycles. The molecule has 4 aliphatic carbocycles. The van der Waals surface area contributed by atoms with Gasteiger partial charge in [-0.1, -0.05) is 12.1 Å². The minimum atomic E-state index is -0.281. The number of carbonyl (C=O) groups is 2. The zero-order chi connectivity index (χ0) is 18.6. The van der Waals surface area contributed by atoms with Crippen LogP contribution in [0.1, 0.15) is 45.4 Å². The molecule has 4 fully saturated rings. The summed E-state index contributed by atoms with van der Waals surface area (Å²) in [5.74, 6) is 2.61. The second-order valence-corrected chi connectivity index (χ2v) is 9.51. The third kappa shape index (κ3) is 3.06. The molecule has 5 nitrogen and oxygen atoms in total. The minimum Gasteiger partial charge on any atom is -0.323 e. The van der Waals surface area contributed by atoms with Crippen LogP contribution < -0.4 is 15.5 Å². The maximum absolute atomic E-state index is 13.1. The summed E-state index contributed by atoms with van der Waals surface area (Å²) in [6.07, 6.45) is 8.32. The van der Waals surface area contributed by atoms with E-state index in [9.17, 15) is 9.59 Å². The van der Waals surface area contributed by atoms with E-state index < -0.39 is 0 Å². The van der Waals surface area contributed by atoms with Gasteiger partial charge in [0.05, 0.1) is 17.4 Å². The van der Waals surface area contributed by atoms with Gasteiger partial charge in [-0.05, 0) is 80.8 Å². The maximum Gasteiger partial charge on any atom is 0.244 e. The van der Waals surface area contributed by atoms with Gasteiger partial charge in [-0.2, -0.15) is 0 Å². The van der Waals surface area contributed by atoms with Crippen molar-refractivity contribution >= 4 is 23.2 Å². The average Bonchev–Trinajstić information content (AvgIpc) is 2.64. The molecule has 6 rings (SSSR count). The van der Waals surface area contributed by atoms with Crippen molar-refractivity contribution in [1.29, 1.82) is 0 Å². The topological polar surface area (TPSA) is 61.4 Å². The smallest absolute Gasteiger partial charge is 0.244 e. The van der Waals surface area contributed by atoms with Gasteiger partial charge >= 0.3 is 0 Å². The number of hydrogen-bond acceptors (Lipinski definition) is 3. The van der Waals surface area contributed by atoms with Crippen molar-refractivity contribution in [3.05, 3.63) is 24.3 Å². The summed E-state index contributed by atoms with van der Waals surface area (Å²) >= 11 is 0. The maximum atomic E-state index is 13.1. The zero-order valence-corrected chi connectivity index (χ0v) is 16.0. The van der Waals surface area contributed by atoms with Crippen molar-refractivity contribution in [3.63, 3.8) is 0 Å². The van der Waals surface area contributed by atoms with Gasteiger partial charge < -0.3 is 10.6 Å². The van der Waals surface area contributed by atoms with Crippen molar-refractivity contribution in [3.8, 4) is 0 Å². The number of hydrogen-bond donors (Lipinski definition) is 2. The van der Waals surface area contributed by atoms with Crippen LogP contribution in [-0.4, -0.2) is 30.9 Å². The molecule has 144 valence electrons. The minimum absolute atomic E-state index is 0.0120. The summed E-state index contributed by atoms with van der Waals surface area (Å²) < 4.78 is 0. The Morgan fingerprint density at radius 3 is 2.48 bits per heavy atom. The van der Waals surface area contributed by atoms with Gasteiger partial charge in [0, 0.05) is 6.54 Å². The molecule has 1 aromatic carbocycles. The summed E-state index contributed by atoms with van der Waals surface area (Å²) in [6, 6.07) is 7.25.